The van der Waals surface area contributed by atoms with Crippen molar-refractivity contribution in [3.63, 3.8) is 0 Å². The summed E-state index contributed by atoms with van der Waals surface area (Å²) >= 11 is 1.89. The second kappa shape index (κ2) is 12.9. The van der Waals surface area contributed by atoms with Gasteiger partial charge >= 0.3 is 0 Å². The van der Waals surface area contributed by atoms with Gasteiger partial charge in [0.1, 0.15) is 0 Å². The Balaban J connectivity index is 1.07. The van der Waals surface area contributed by atoms with Crippen LogP contribution < -0.4 is 4.90 Å². The quantitative estimate of drug-likeness (QED) is 0.166. The van der Waals surface area contributed by atoms with Crippen molar-refractivity contribution in [3.8, 4) is 27.9 Å². The molecule has 2 heterocycles. The first kappa shape index (κ1) is 31.6. The number of para-hydroxylation sites is 2. The Morgan fingerprint density at radius 1 is 0.345 bits per heavy atom. The van der Waals surface area contributed by atoms with Gasteiger partial charge in [-0.3, -0.25) is 0 Å². The number of hydrogen-bond acceptors (Lipinski definition) is 2. The lowest BCUT2D eigenvalue weighted by molar-refractivity contribution is 1.18. The molecule has 0 N–H and O–H groups in total. The highest BCUT2D eigenvalue weighted by atomic mass is 32.1. The van der Waals surface area contributed by atoms with Gasteiger partial charge in [0, 0.05) is 59.1 Å². The molecule has 2 nitrogen and oxygen atoms in total. The summed E-state index contributed by atoms with van der Waals surface area (Å²) in [5.41, 5.74) is 11.7. The average molecular weight is 719 g/mol. The summed E-state index contributed by atoms with van der Waals surface area (Å²) in [6.45, 7) is 0. The lowest BCUT2D eigenvalue weighted by Crippen LogP contribution is -2.10. The molecule has 0 saturated heterocycles. The summed E-state index contributed by atoms with van der Waals surface area (Å²) in [5, 5.41) is 7.71. The number of thiophene rings is 1. The van der Waals surface area contributed by atoms with Gasteiger partial charge in [-0.1, -0.05) is 140 Å². The molecule has 11 rings (SSSR count). The highest BCUT2D eigenvalue weighted by Crippen LogP contribution is 2.43. The van der Waals surface area contributed by atoms with Gasteiger partial charge in [-0.05, 0) is 94.4 Å². The van der Waals surface area contributed by atoms with Crippen molar-refractivity contribution in [2.45, 2.75) is 0 Å². The first-order valence-electron chi connectivity index (χ1n) is 18.8. The molecule has 3 heteroatoms. The average Bonchev–Trinajstić information content (AvgIpc) is 3.81. The van der Waals surface area contributed by atoms with Crippen molar-refractivity contribution in [1.29, 1.82) is 0 Å². The molecular formula is C52H34N2S. The van der Waals surface area contributed by atoms with Gasteiger partial charge in [0.15, 0.2) is 0 Å². The Morgan fingerprint density at radius 2 is 0.964 bits per heavy atom. The summed E-state index contributed by atoms with van der Waals surface area (Å²) in [7, 11) is 0. The fourth-order valence-corrected chi connectivity index (χ4v) is 9.67. The zero-order valence-electron chi connectivity index (χ0n) is 29.9. The van der Waals surface area contributed by atoms with Gasteiger partial charge in [0.2, 0.25) is 0 Å². The van der Waals surface area contributed by atoms with Gasteiger partial charge in [0.05, 0.1) is 11.0 Å². The molecule has 55 heavy (non-hydrogen) atoms. The van der Waals surface area contributed by atoms with Gasteiger partial charge in [0.25, 0.3) is 0 Å². The number of nitrogens with zero attached hydrogens (tertiary/aromatic N) is 2. The van der Waals surface area contributed by atoms with Crippen LogP contribution in [0, 0.1) is 0 Å². The molecule has 0 amide bonds. The summed E-state index contributed by atoms with van der Waals surface area (Å²) in [6.07, 6.45) is 0. The normalized spacial score (nSPS) is 11.6. The van der Waals surface area contributed by atoms with Crippen LogP contribution in [-0.4, -0.2) is 4.57 Å². The zero-order valence-corrected chi connectivity index (χ0v) is 30.7. The highest BCUT2D eigenvalue weighted by molar-refractivity contribution is 7.26. The summed E-state index contributed by atoms with van der Waals surface area (Å²) in [5.74, 6) is 0. The molecule has 0 unspecified atom stereocenters. The van der Waals surface area contributed by atoms with E-state index in [0.29, 0.717) is 0 Å². The van der Waals surface area contributed by atoms with Gasteiger partial charge in [-0.15, -0.1) is 11.3 Å². The second-order valence-corrected chi connectivity index (χ2v) is 15.2. The topological polar surface area (TPSA) is 8.17 Å². The van der Waals surface area contributed by atoms with E-state index >= 15 is 0 Å². The lowest BCUT2D eigenvalue weighted by atomic mass is 9.96. The Bertz CT molecular complexity index is 3190. The van der Waals surface area contributed by atoms with E-state index in [-0.39, 0.29) is 0 Å². The third-order valence-electron chi connectivity index (χ3n) is 11.0. The van der Waals surface area contributed by atoms with Crippen molar-refractivity contribution in [2.24, 2.45) is 0 Å². The van der Waals surface area contributed by atoms with Crippen LogP contribution >= 0.6 is 11.3 Å². The largest absolute Gasteiger partial charge is 0.310 e. The van der Waals surface area contributed by atoms with Crippen LogP contribution in [0.25, 0.3) is 80.7 Å². The van der Waals surface area contributed by atoms with E-state index in [2.05, 4.69) is 216 Å². The minimum Gasteiger partial charge on any atom is -0.310 e. The monoisotopic (exact) mass is 718 g/mol. The predicted molar refractivity (Wildman–Crippen MR) is 237 cm³/mol. The van der Waals surface area contributed by atoms with Crippen molar-refractivity contribution in [1.82, 2.24) is 4.57 Å². The maximum atomic E-state index is 2.40. The number of rotatable bonds is 6. The Hall–Kier alpha value is -6.94. The van der Waals surface area contributed by atoms with E-state index in [0.717, 1.165) is 22.7 Å². The van der Waals surface area contributed by atoms with E-state index in [4.69, 9.17) is 0 Å². The summed E-state index contributed by atoms with van der Waals surface area (Å²) < 4.78 is 5.06. The molecule has 0 atom stereocenters. The predicted octanol–water partition coefficient (Wildman–Crippen LogP) is 15.1. The molecule has 2 aromatic heterocycles. The summed E-state index contributed by atoms with van der Waals surface area (Å²) in [6, 6.07) is 75.1. The molecular weight excluding hydrogens is 685 g/mol. The molecule has 0 bridgehead atoms. The maximum absolute atomic E-state index is 2.40. The minimum absolute atomic E-state index is 1.10. The Kier molecular flexibility index (Phi) is 7.39. The van der Waals surface area contributed by atoms with E-state index in [1.54, 1.807) is 0 Å². The zero-order chi connectivity index (χ0) is 36.3. The molecule has 0 aliphatic heterocycles. The standard InChI is InChI=1S/C52H34N2S/c1-3-13-35(14-4-1)37-15-11-18-40(33-37)53(41-29-32-50-48(34-41)44-19-7-9-23-49(44)54(50)38-16-5-2-6-17-38)39-27-25-36(26-28-39)42-21-12-22-46-43(42)30-31-47-45-20-8-10-24-51(45)55-52(46)47/h1-34H. The first-order chi connectivity index (χ1) is 27.3. The molecule has 0 saturated carbocycles. The highest BCUT2D eigenvalue weighted by Gasteiger charge is 2.19. The van der Waals surface area contributed by atoms with E-state index in [9.17, 15) is 0 Å². The van der Waals surface area contributed by atoms with Crippen molar-refractivity contribution in [2.75, 3.05) is 4.90 Å². The van der Waals surface area contributed by atoms with Crippen LogP contribution in [0.2, 0.25) is 0 Å². The third kappa shape index (κ3) is 5.24. The van der Waals surface area contributed by atoms with E-state index in [1.807, 2.05) is 11.3 Å². The van der Waals surface area contributed by atoms with Gasteiger partial charge in [-0.2, -0.15) is 0 Å². The van der Waals surface area contributed by atoms with Crippen LogP contribution in [0.3, 0.4) is 0 Å². The van der Waals surface area contributed by atoms with Crippen LogP contribution in [-0.2, 0) is 0 Å². The fraction of sp³-hybridized carbons (Fsp3) is 0. The van der Waals surface area contributed by atoms with Crippen LogP contribution in [0.15, 0.2) is 206 Å². The third-order valence-corrected chi connectivity index (χ3v) is 12.2. The maximum Gasteiger partial charge on any atom is 0.0542 e. The molecule has 9 aromatic carbocycles. The molecule has 0 radical (unpaired) electrons. The minimum atomic E-state index is 1.10. The Labute approximate surface area is 323 Å². The summed E-state index contributed by atoms with van der Waals surface area (Å²) in [4.78, 5) is 2.40. The molecule has 0 aliphatic carbocycles. The van der Waals surface area contributed by atoms with Crippen LogP contribution in [0.4, 0.5) is 17.1 Å². The molecule has 0 spiro atoms. The van der Waals surface area contributed by atoms with Crippen LogP contribution in [0.5, 0.6) is 0 Å². The SMILES string of the molecule is c1ccc(-c2cccc(N(c3ccc(-c4cccc5c4ccc4c6ccccc6sc54)cc3)c3ccc4c(c3)c3ccccc3n4-c3ccccc3)c2)cc1. The number of aromatic nitrogens is 1. The molecule has 0 aliphatic rings. The Morgan fingerprint density at radius 3 is 1.82 bits per heavy atom. The lowest BCUT2D eigenvalue weighted by Gasteiger charge is -2.26. The van der Waals surface area contributed by atoms with Crippen molar-refractivity contribution < 1.29 is 0 Å². The number of hydrogen-bond donors (Lipinski definition) is 0. The smallest absolute Gasteiger partial charge is 0.0542 e. The molecule has 0 fully saturated rings. The van der Waals surface area contributed by atoms with E-state index < -0.39 is 0 Å². The second-order valence-electron chi connectivity index (χ2n) is 14.1. The number of benzene rings is 9. The van der Waals surface area contributed by atoms with Crippen molar-refractivity contribution >= 4 is 81.1 Å². The fourth-order valence-electron chi connectivity index (χ4n) is 8.44. The number of fused-ring (bicyclic) bond motifs is 8. The molecule has 11 aromatic rings. The first-order valence-corrected chi connectivity index (χ1v) is 19.6. The van der Waals surface area contributed by atoms with Crippen molar-refractivity contribution in [3.05, 3.63) is 206 Å². The van der Waals surface area contributed by atoms with E-state index in [1.165, 1.54) is 75.0 Å². The van der Waals surface area contributed by atoms with Gasteiger partial charge < -0.3 is 9.47 Å². The van der Waals surface area contributed by atoms with Gasteiger partial charge in [-0.25, -0.2) is 0 Å². The van der Waals surface area contributed by atoms with Crippen LogP contribution in [0.1, 0.15) is 0 Å². The number of anilines is 3. The molecule has 258 valence electrons.